The lowest BCUT2D eigenvalue weighted by Gasteiger charge is -2.25. The third kappa shape index (κ3) is 7.57. The zero-order valence-electron chi connectivity index (χ0n) is 27.2. The molecular weight excluding hydrogens is 731 g/mol. The number of carbonyl (C=O) groups excluding carboxylic acids is 1. The van der Waals surface area contributed by atoms with Gasteiger partial charge in [-0.1, -0.05) is 47.7 Å². The van der Waals surface area contributed by atoms with Crippen molar-refractivity contribution in [2.45, 2.75) is 53.4 Å². The molecule has 1 aliphatic rings. The van der Waals surface area contributed by atoms with Crippen LogP contribution in [0.5, 0.6) is 23.0 Å². The average molecular weight is 769 g/mol. The lowest BCUT2D eigenvalue weighted by molar-refractivity contribution is -0.139. The van der Waals surface area contributed by atoms with Gasteiger partial charge in [-0.05, 0) is 104 Å². The van der Waals surface area contributed by atoms with Crippen LogP contribution in [0.2, 0.25) is 0 Å². The molecule has 1 atom stereocenters. The lowest BCUT2D eigenvalue weighted by Crippen LogP contribution is -2.40. The second kappa shape index (κ2) is 15.2. The van der Waals surface area contributed by atoms with Gasteiger partial charge < -0.3 is 23.7 Å². The minimum Gasteiger partial charge on any atom is -0.493 e. The molecule has 1 aromatic heterocycles. The Morgan fingerprint density at radius 2 is 1.79 bits per heavy atom. The Bertz CT molecular complexity index is 1980. The van der Waals surface area contributed by atoms with Crippen molar-refractivity contribution in [1.29, 1.82) is 0 Å². The van der Waals surface area contributed by atoms with Gasteiger partial charge in [-0.3, -0.25) is 9.36 Å². The summed E-state index contributed by atoms with van der Waals surface area (Å²) in [7, 11) is 1.56. The molecule has 1 aliphatic heterocycles. The van der Waals surface area contributed by atoms with Crippen LogP contribution in [0.1, 0.15) is 57.4 Å². The number of aromatic nitrogens is 1. The van der Waals surface area contributed by atoms with Gasteiger partial charge in [-0.2, -0.15) is 0 Å². The zero-order valence-corrected chi connectivity index (χ0v) is 30.1. The topological polar surface area (TPSA) is 97.6 Å². The Balaban J connectivity index is 1.61. The van der Waals surface area contributed by atoms with E-state index in [4.69, 9.17) is 28.7 Å². The van der Waals surface area contributed by atoms with Gasteiger partial charge >= 0.3 is 5.97 Å². The number of esters is 1. The Hall–Kier alpha value is -4.10. The van der Waals surface area contributed by atoms with Crippen LogP contribution in [0.4, 0.5) is 0 Å². The summed E-state index contributed by atoms with van der Waals surface area (Å²) in [5, 5.41) is 0. The molecule has 2 heterocycles. The summed E-state index contributed by atoms with van der Waals surface area (Å²) in [6, 6.07) is 18.4. The van der Waals surface area contributed by atoms with Gasteiger partial charge in [0.15, 0.2) is 27.8 Å². The average Bonchev–Trinajstić information content (AvgIpc) is 3.34. The minimum atomic E-state index is -0.790. The number of hydrogen-bond donors (Lipinski definition) is 0. The fourth-order valence-corrected chi connectivity index (χ4v) is 7.10. The van der Waals surface area contributed by atoms with E-state index in [0.29, 0.717) is 62.4 Å². The first-order chi connectivity index (χ1) is 22.6. The van der Waals surface area contributed by atoms with E-state index in [9.17, 15) is 9.59 Å². The molecule has 246 valence electrons. The van der Waals surface area contributed by atoms with Crippen molar-refractivity contribution in [3.63, 3.8) is 0 Å². The second-order valence-corrected chi connectivity index (χ2v) is 13.1. The Labute approximate surface area is 291 Å². The molecule has 4 aromatic rings. The first-order valence-electron chi connectivity index (χ1n) is 15.3. The summed E-state index contributed by atoms with van der Waals surface area (Å²) >= 11 is 3.48. The van der Waals surface area contributed by atoms with E-state index in [1.54, 1.807) is 37.7 Å². The number of benzene rings is 3. The molecule has 0 saturated heterocycles. The SMILES string of the molecule is CCOC(=O)C1=C(C)N=c2s/c(=C/c3cc(I)c(OCc4ccccc4)c(OCC)c3)c(=O)n2[C@H]1c1ccc(OC(C)C)c(OC)c1. The van der Waals surface area contributed by atoms with Gasteiger partial charge in [-0.15, -0.1) is 0 Å². The molecule has 3 aromatic carbocycles. The van der Waals surface area contributed by atoms with E-state index >= 15 is 0 Å². The molecular formula is C36H37IN2O7S. The van der Waals surface area contributed by atoms with Crippen LogP contribution in [0.15, 0.2) is 81.7 Å². The molecule has 0 aliphatic carbocycles. The predicted octanol–water partition coefficient (Wildman–Crippen LogP) is 6.18. The maximum absolute atomic E-state index is 14.2. The van der Waals surface area contributed by atoms with E-state index in [1.807, 2.05) is 75.4 Å². The summed E-state index contributed by atoms with van der Waals surface area (Å²) in [5.74, 6) is 1.75. The Morgan fingerprint density at radius 1 is 1.02 bits per heavy atom. The van der Waals surface area contributed by atoms with Crippen molar-refractivity contribution in [3.8, 4) is 23.0 Å². The van der Waals surface area contributed by atoms with Gasteiger partial charge in [0.05, 0.1) is 51.8 Å². The van der Waals surface area contributed by atoms with Gasteiger partial charge in [-0.25, -0.2) is 9.79 Å². The Kier molecular flexibility index (Phi) is 11.1. The minimum absolute atomic E-state index is 0.0690. The first kappa shape index (κ1) is 34.2. The standard InChI is InChI=1S/C36H37IN2O7S/c1-7-43-29-17-24(16-26(37)33(29)45-20-23-12-10-9-11-13-23)18-30-34(40)39-32(25-14-15-27(46-21(3)4)28(19-25)42-6)31(35(41)44-8-2)22(5)38-36(39)47-30/h9-19,21,32H,7-8,20H2,1-6H3/b30-18+/t32-/m0/s1. The monoisotopic (exact) mass is 768 g/mol. The number of thiazole rings is 1. The van der Waals surface area contributed by atoms with Crippen LogP contribution in [0, 0.1) is 3.57 Å². The van der Waals surface area contributed by atoms with E-state index in [-0.39, 0.29) is 18.3 Å². The maximum Gasteiger partial charge on any atom is 0.338 e. The van der Waals surface area contributed by atoms with Crippen LogP contribution < -0.4 is 33.8 Å². The quantitative estimate of drug-likeness (QED) is 0.126. The number of ether oxygens (including phenoxy) is 5. The summed E-state index contributed by atoms with van der Waals surface area (Å²) in [5.41, 5.74) is 2.96. The number of rotatable bonds is 12. The Morgan fingerprint density at radius 3 is 2.47 bits per heavy atom. The second-order valence-electron chi connectivity index (χ2n) is 10.9. The van der Waals surface area contributed by atoms with E-state index in [2.05, 4.69) is 22.6 Å². The van der Waals surface area contributed by atoms with Crippen LogP contribution in [0.3, 0.4) is 0 Å². The molecule has 0 spiro atoms. The molecule has 0 radical (unpaired) electrons. The van der Waals surface area contributed by atoms with Gasteiger partial charge in [0.2, 0.25) is 0 Å². The number of methoxy groups -OCH3 is 1. The maximum atomic E-state index is 14.2. The lowest BCUT2D eigenvalue weighted by atomic mass is 9.95. The van der Waals surface area contributed by atoms with Crippen LogP contribution in [0.25, 0.3) is 6.08 Å². The number of hydrogen-bond acceptors (Lipinski definition) is 9. The fraction of sp³-hybridized carbons (Fsp3) is 0.306. The molecule has 47 heavy (non-hydrogen) atoms. The highest BCUT2D eigenvalue weighted by Crippen LogP contribution is 2.37. The van der Waals surface area contributed by atoms with Crippen molar-refractivity contribution in [2.24, 2.45) is 4.99 Å². The summed E-state index contributed by atoms with van der Waals surface area (Å²) in [6.07, 6.45) is 1.75. The zero-order chi connectivity index (χ0) is 33.7. The fourth-order valence-electron chi connectivity index (χ4n) is 5.27. The predicted molar refractivity (Wildman–Crippen MR) is 190 cm³/mol. The molecule has 0 amide bonds. The number of nitrogens with zero attached hydrogens (tertiary/aromatic N) is 2. The highest BCUT2D eigenvalue weighted by atomic mass is 127. The first-order valence-corrected chi connectivity index (χ1v) is 17.2. The van der Waals surface area contributed by atoms with E-state index < -0.39 is 12.0 Å². The van der Waals surface area contributed by atoms with Crippen molar-refractivity contribution < 1.29 is 28.5 Å². The number of halogens is 1. The third-order valence-corrected chi connectivity index (χ3v) is 9.02. The van der Waals surface area contributed by atoms with Crippen molar-refractivity contribution in [1.82, 2.24) is 4.57 Å². The molecule has 0 bridgehead atoms. The number of allylic oxidation sites excluding steroid dienone is 1. The normalized spacial score (nSPS) is 14.5. The van der Waals surface area contributed by atoms with Crippen molar-refractivity contribution in [2.75, 3.05) is 20.3 Å². The highest BCUT2D eigenvalue weighted by molar-refractivity contribution is 14.1. The van der Waals surface area contributed by atoms with Gasteiger partial charge in [0, 0.05) is 0 Å². The molecule has 5 rings (SSSR count). The molecule has 0 N–H and O–H groups in total. The summed E-state index contributed by atoms with van der Waals surface area (Å²) in [4.78, 5) is 32.7. The smallest absolute Gasteiger partial charge is 0.338 e. The number of carbonyl (C=O) groups is 1. The molecule has 9 nitrogen and oxygen atoms in total. The van der Waals surface area contributed by atoms with Crippen LogP contribution in [-0.2, 0) is 16.1 Å². The van der Waals surface area contributed by atoms with E-state index in [1.165, 1.54) is 11.3 Å². The van der Waals surface area contributed by atoms with Crippen LogP contribution >= 0.6 is 33.9 Å². The highest BCUT2D eigenvalue weighted by Gasteiger charge is 2.34. The molecule has 11 heteroatoms. The van der Waals surface area contributed by atoms with Crippen LogP contribution in [-0.4, -0.2) is 37.0 Å². The molecule has 0 unspecified atom stereocenters. The summed E-state index contributed by atoms with van der Waals surface area (Å²) < 4.78 is 32.0. The van der Waals surface area contributed by atoms with E-state index in [0.717, 1.165) is 14.7 Å². The summed E-state index contributed by atoms with van der Waals surface area (Å²) in [6.45, 7) is 10.3. The third-order valence-electron chi connectivity index (χ3n) is 7.24. The van der Waals surface area contributed by atoms with Gasteiger partial charge in [0.1, 0.15) is 6.61 Å². The molecule has 0 saturated carbocycles. The van der Waals surface area contributed by atoms with Gasteiger partial charge in [0.25, 0.3) is 5.56 Å². The largest absolute Gasteiger partial charge is 0.493 e. The number of fused-ring (bicyclic) bond motifs is 1. The van der Waals surface area contributed by atoms with Crippen molar-refractivity contribution >= 4 is 46.0 Å². The molecule has 0 fully saturated rings. The van der Waals surface area contributed by atoms with Crippen molar-refractivity contribution in [3.05, 3.63) is 112 Å².